The van der Waals surface area contributed by atoms with E-state index in [1.165, 1.54) is 6.20 Å². The van der Waals surface area contributed by atoms with Gasteiger partial charge in [-0.1, -0.05) is 24.8 Å². The summed E-state index contributed by atoms with van der Waals surface area (Å²) in [6.07, 6.45) is 10.3. The quantitative estimate of drug-likeness (QED) is 0.659. The van der Waals surface area contributed by atoms with Gasteiger partial charge in [-0.25, -0.2) is 4.98 Å². The molecule has 0 unspecified atom stereocenters. The molecule has 1 aromatic rings. The second-order valence-corrected chi connectivity index (χ2v) is 2.17. The zero-order chi connectivity index (χ0) is 8.81. The molecule has 1 rings (SSSR count). The van der Waals surface area contributed by atoms with E-state index in [4.69, 9.17) is 5.73 Å². The Morgan fingerprint density at radius 3 is 3.00 bits per heavy atom. The van der Waals surface area contributed by atoms with Crippen molar-refractivity contribution in [2.75, 3.05) is 0 Å². The largest absolute Gasteiger partial charge is 0.404 e. The molecule has 3 N–H and O–H groups in total. The number of H-pyrrole nitrogens is 1. The molecule has 0 aromatic carbocycles. The Balaban J connectivity index is 2.85. The lowest BCUT2D eigenvalue weighted by molar-refractivity contribution is 1.30. The van der Waals surface area contributed by atoms with Crippen LogP contribution >= 0.6 is 0 Å². The number of rotatable bonds is 3. The van der Waals surface area contributed by atoms with Crippen LogP contribution in [-0.2, 0) is 0 Å². The molecule has 0 aliphatic carbocycles. The number of aromatic nitrogens is 2. The monoisotopic (exact) mass is 161 g/mol. The SMILES string of the molecule is C=C/C=C\C(=C/N)c1c[nH]cn1. The first kappa shape index (κ1) is 8.33. The fourth-order valence-corrected chi connectivity index (χ4v) is 0.816. The fourth-order valence-electron chi connectivity index (χ4n) is 0.816. The van der Waals surface area contributed by atoms with Gasteiger partial charge in [-0.05, 0) is 0 Å². The Kier molecular flexibility index (Phi) is 2.90. The second-order valence-electron chi connectivity index (χ2n) is 2.17. The Bertz CT molecular complexity index is 294. The fraction of sp³-hybridized carbons (Fsp3) is 0. The van der Waals surface area contributed by atoms with Crippen molar-refractivity contribution in [3.8, 4) is 0 Å². The summed E-state index contributed by atoms with van der Waals surface area (Å²) >= 11 is 0. The standard InChI is InChI=1S/C9H11N3/c1-2-3-4-8(5-10)9-6-11-7-12-9/h2-7H,1,10H2,(H,11,12)/b4-3-,8-5+. The summed E-state index contributed by atoms with van der Waals surface area (Å²) in [6.45, 7) is 3.57. The molecule has 62 valence electrons. The highest BCUT2D eigenvalue weighted by Crippen LogP contribution is 2.09. The third-order valence-electron chi connectivity index (χ3n) is 1.39. The molecule has 0 spiro atoms. The number of hydrogen-bond acceptors (Lipinski definition) is 2. The van der Waals surface area contributed by atoms with Crippen LogP contribution in [0.1, 0.15) is 5.69 Å². The van der Waals surface area contributed by atoms with Crippen molar-refractivity contribution in [3.05, 3.63) is 49.2 Å². The Morgan fingerprint density at radius 1 is 1.67 bits per heavy atom. The summed E-state index contributed by atoms with van der Waals surface area (Å²) in [5, 5.41) is 0. The third kappa shape index (κ3) is 1.85. The molecule has 0 saturated heterocycles. The summed E-state index contributed by atoms with van der Waals surface area (Å²) in [5.41, 5.74) is 7.10. The molecule has 0 aliphatic heterocycles. The van der Waals surface area contributed by atoms with Gasteiger partial charge in [0.15, 0.2) is 0 Å². The van der Waals surface area contributed by atoms with Crippen molar-refractivity contribution in [1.82, 2.24) is 9.97 Å². The maximum atomic E-state index is 5.40. The number of aromatic amines is 1. The first-order valence-electron chi connectivity index (χ1n) is 3.58. The maximum Gasteiger partial charge on any atom is 0.0927 e. The van der Waals surface area contributed by atoms with E-state index in [-0.39, 0.29) is 0 Å². The molecule has 1 aromatic heterocycles. The molecule has 0 saturated carbocycles. The minimum atomic E-state index is 0.829. The predicted octanol–water partition coefficient (Wildman–Crippen LogP) is 1.45. The van der Waals surface area contributed by atoms with Gasteiger partial charge in [0.1, 0.15) is 0 Å². The molecule has 0 amide bonds. The van der Waals surface area contributed by atoms with Crippen LogP contribution < -0.4 is 5.73 Å². The van der Waals surface area contributed by atoms with Crippen LogP contribution in [0.15, 0.2) is 43.5 Å². The highest BCUT2D eigenvalue weighted by Gasteiger charge is 1.96. The van der Waals surface area contributed by atoms with E-state index >= 15 is 0 Å². The van der Waals surface area contributed by atoms with E-state index in [1.807, 2.05) is 12.2 Å². The zero-order valence-corrected chi connectivity index (χ0v) is 6.70. The van der Waals surface area contributed by atoms with Crippen molar-refractivity contribution in [3.63, 3.8) is 0 Å². The number of imidazole rings is 1. The second kappa shape index (κ2) is 4.18. The van der Waals surface area contributed by atoms with Crippen LogP contribution in [0.2, 0.25) is 0 Å². The summed E-state index contributed by atoms with van der Waals surface area (Å²) in [7, 11) is 0. The van der Waals surface area contributed by atoms with Crippen molar-refractivity contribution >= 4 is 5.57 Å². The molecule has 0 aliphatic rings. The van der Waals surface area contributed by atoms with Crippen molar-refractivity contribution in [1.29, 1.82) is 0 Å². The summed E-state index contributed by atoms with van der Waals surface area (Å²) in [4.78, 5) is 6.90. The van der Waals surface area contributed by atoms with Crippen LogP contribution in [0, 0.1) is 0 Å². The Hall–Kier alpha value is -1.77. The number of nitrogens with two attached hydrogens (primary N) is 1. The third-order valence-corrected chi connectivity index (χ3v) is 1.39. The topological polar surface area (TPSA) is 54.7 Å². The van der Waals surface area contributed by atoms with Gasteiger partial charge in [-0.2, -0.15) is 0 Å². The van der Waals surface area contributed by atoms with E-state index < -0.39 is 0 Å². The average Bonchev–Trinajstić information content (AvgIpc) is 2.59. The first-order valence-corrected chi connectivity index (χ1v) is 3.58. The van der Waals surface area contributed by atoms with E-state index in [2.05, 4.69) is 16.5 Å². The molecule has 1 heterocycles. The lowest BCUT2D eigenvalue weighted by atomic mass is 10.2. The molecule has 0 fully saturated rings. The normalized spacial score (nSPS) is 12.2. The van der Waals surface area contributed by atoms with Crippen molar-refractivity contribution in [2.24, 2.45) is 5.73 Å². The zero-order valence-electron chi connectivity index (χ0n) is 6.70. The van der Waals surface area contributed by atoms with E-state index in [1.54, 1.807) is 18.6 Å². The molecule has 12 heavy (non-hydrogen) atoms. The van der Waals surface area contributed by atoms with Gasteiger partial charge in [-0.3, -0.25) is 0 Å². The number of nitrogens with zero attached hydrogens (tertiary/aromatic N) is 1. The van der Waals surface area contributed by atoms with E-state index in [0.29, 0.717) is 0 Å². The predicted molar refractivity (Wildman–Crippen MR) is 50.1 cm³/mol. The first-order chi connectivity index (χ1) is 5.88. The van der Waals surface area contributed by atoms with Gasteiger partial charge in [0, 0.05) is 18.0 Å². The van der Waals surface area contributed by atoms with Gasteiger partial charge in [0.25, 0.3) is 0 Å². The van der Waals surface area contributed by atoms with Crippen LogP contribution in [-0.4, -0.2) is 9.97 Å². The van der Waals surface area contributed by atoms with Gasteiger partial charge in [-0.15, -0.1) is 0 Å². The van der Waals surface area contributed by atoms with Crippen LogP contribution in [0.3, 0.4) is 0 Å². The minimum absolute atomic E-state index is 0.829. The Morgan fingerprint density at radius 2 is 2.50 bits per heavy atom. The molecule has 3 nitrogen and oxygen atoms in total. The van der Waals surface area contributed by atoms with Crippen LogP contribution in [0.5, 0.6) is 0 Å². The number of nitrogens with one attached hydrogen (secondary N) is 1. The molecular formula is C9H11N3. The van der Waals surface area contributed by atoms with Crippen LogP contribution in [0.4, 0.5) is 0 Å². The molecule has 0 bridgehead atoms. The van der Waals surface area contributed by atoms with Gasteiger partial charge in [0.2, 0.25) is 0 Å². The minimum Gasteiger partial charge on any atom is -0.404 e. The molecule has 3 heteroatoms. The smallest absolute Gasteiger partial charge is 0.0927 e. The van der Waals surface area contributed by atoms with Crippen LogP contribution in [0.25, 0.3) is 5.57 Å². The summed E-state index contributed by atoms with van der Waals surface area (Å²) < 4.78 is 0. The molecule has 0 radical (unpaired) electrons. The number of allylic oxidation sites excluding steroid dienone is 4. The lowest BCUT2D eigenvalue weighted by Gasteiger charge is -1.92. The van der Waals surface area contributed by atoms with E-state index in [0.717, 1.165) is 11.3 Å². The van der Waals surface area contributed by atoms with E-state index in [9.17, 15) is 0 Å². The summed E-state index contributed by atoms with van der Waals surface area (Å²) in [5.74, 6) is 0. The maximum absolute atomic E-state index is 5.40. The van der Waals surface area contributed by atoms with Crippen molar-refractivity contribution in [2.45, 2.75) is 0 Å². The number of hydrogen-bond donors (Lipinski definition) is 2. The average molecular weight is 161 g/mol. The Labute approximate surface area is 71.3 Å². The highest BCUT2D eigenvalue weighted by atomic mass is 14.9. The van der Waals surface area contributed by atoms with Crippen molar-refractivity contribution < 1.29 is 0 Å². The molecular weight excluding hydrogens is 150 g/mol. The van der Waals surface area contributed by atoms with Gasteiger partial charge >= 0.3 is 0 Å². The van der Waals surface area contributed by atoms with Gasteiger partial charge < -0.3 is 10.7 Å². The highest BCUT2D eigenvalue weighted by molar-refractivity contribution is 5.70. The summed E-state index contributed by atoms with van der Waals surface area (Å²) in [6, 6.07) is 0. The lowest BCUT2D eigenvalue weighted by Crippen LogP contribution is -1.86. The molecule has 0 atom stereocenters. The van der Waals surface area contributed by atoms with Gasteiger partial charge in [0.05, 0.1) is 12.0 Å².